The molecule has 0 aliphatic carbocycles. The molecular formula is C11H17N7S. The summed E-state index contributed by atoms with van der Waals surface area (Å²) >= 11 is 1.63. The first-order valence-corrected chi connectivity index (χ1v) is 6.93. The second kappa shape index (κ2) is 5.96. The van der Waals surface area contributed by atoms with Crippen LogP contribution in [0.25, 0.3) is 5.95 Å². The SMILES string of the molecule is CNc1nc(SC(C)C(C)C)nc(-n2cncn2)n1. The first kappa shape index (κ1) is 13.7. The first-order valence-electron chi connectivity index (χ1n) is 6.05. The Morgan fingerprint density at radius 3 is 2.58 bits per heavy atom. The molecule has 0 saturated carbocycles. The highest BCUT2D eigenvalue weighted by Crippen LogP contribution is 2.25. The molecule has 8 heteroatoms. The third-order valence-corrected chi connectivity index (χ3v) is 3.99. The van der Waals surface area contributed by atoms with Crippen LogP contribution in [0.3, 0.4) is 0 Å². The number of anilines is 1. The van der Waals surface area contributed by atoms with Crippen molar-refractivity contribution in [1.29, 1.82) is 0 Å². The topological polar surface area (TPSA) is 81.4 Å². The zero-order valence-corrected chi connectivity index (χ0v) is 12.2. The van der Waals surface area contributed by atoms with Crippen LogP contribution in [0.2, 0.25) is 0 Å². The molecule has 2 aromatic rings. The van der Waals surface area contributed by atoms with Gasteiger partial charge in [-0.2, -0.15) is 24.7 Å². The second-order valence-electron chi connectivity index (χ2n) is 4.40. The van der Waals surface area contributed by atoms with Crippen molar-refractivity contribution in [2.45, 2.75) is 31.2 Å². The fourth-order valence-corrected chi connectivity index (χ4v) is 2.10. The smallest absolute Gasteiger partial charge is 0.257 e. The van der Waals surface area contributed by atoms with Crippen LogP contribution in [-0.2, 0) is 0 Å². The lowest BCUT2D eigenvalue weighted by atomic mass is 10.2. The predicted octanol–water partition coefficient (Wildman–Crippen LogP) is 1.63. The number of nitrogens with one attached hydrogen (secondary N) is 1. The normalized spacial score (nSPS) is 12.7. The highest BCUT2D eigenvalue weighted by molar-refractivity contribution is 7.99. The van der Waals surface area contributed by atoms with Crippen molar-refractivity contribution in [1.82, 2.24) is 29.7 Å². The van der Waals surface area contributed by atoms with Crippen LogP contribution in [0, 0.1) is 5.92 Å². The average Bonchev–Trinajstić information content (AvgIpc) is 2.92. The van der Waals surface area contributed by atoms with Crippen LogP contribution in [-0.4, -0.2) is 42.0 Å². The summed E-state index contributed by atoms with van der Waals surface area (Å²) in [6, 6.07) is 0. The van der Waals surface area contributed by atoms with Gasteiger partial charge in [0.05, 0.1) is 0 Å². The van der Waals surface area contributed by atoms with Gasteiger partial charge in [0.25, 0.3) is 5.95 Å². The van der Waals surface area contributed by atoms with Crippen molar-refractivity contribution in [3.05, 3.63) is 12.7 Å². The summed E-state index contributed by atoms with van der Waals surface area (Å²) in [7, 11) is 1.78. The molecule has 0 aromatic carbocycles. The summed E-state index contributed by atoms with van der Waals surface area (Å²) in [6.07, 6.45) is 3.02. The van der Waals surface area contributed by atoms with Crippen LogP contribution in [0.15, 0.2) is 17.8 Å². The number of hydrogen-bond acceptors (Lipinski definition) is 7. The third kappa shape index (κ3) is 3.40. The molecule has 2 rings (SSSR count). The molecule has 102 valence electrons. The van der Waals surface area contributed by atoms with Gasteiger partial charge in [0, 0.05) is 12.3 Å². The van der Waals surface area contributed by atoms with Gasteiger partial charge in [-0.1, -0.05) is 32.5 Å². The number of nitrogens with zero attached hydrogens (tertiary/aromatic N) is 6. The molecule has 19 heavy (non-hydrogen) atoms. The van der Waals surface area contributed by atoms with Crippen LogP contribution < -0.4 is 5.32 Å². The maximum atomic E-state index is 4.41. The molecule has 0 aliphatic heterocycles. The highest BCUT2D eigenvalue weighted by atomic mass is 32.2. The van der Waals surface area contributed by atoms with E-state index in [0.717, 1.165) is 0 Å². The summed E-state index contributed by atoms with van der Waals surface area (Å²) in [5.74, 6) is 1.55. The largest absolute Gasteiger partial charge is 0.357 e. The van der Waals surface area contributed by atoms with Gasteiger partial charge in [0.2, 0.25) is 5.95 Å². The minimum atomic E-state index is 0.427. The van der Waals surface area contributed by atoms with Gasteiger partial charge in [-0.15, -0.1) is 0 Å². The zero-order chi connectivity index (χ0) is 13.8. The monoisotopic (exact) mass is 279 g/mol. The Morgan fingerprint density at radius 1 is 1.21 bits per heavy atom. The Kier molecular flexibility index (Phi) is 4.31. The van der Waals surface area contributed by atoms with Crippen LogP contribution in [0.1, 0.15) is 20.8 Å². The summed E-state index contributed by atoms with van der Waals surface area (Å²) in [5.41, 5.74) is 0. The van der Waals surface area contributed by atoms with Crippen molar-refractivity contribution in [3.8, 4) is 5.95 Å². The van der Waals surface area contributed by atoms with Gasteiger partial charge in [-0.05, 0) is 5.92 Å². The Morgan fingerprint density at radius 2 is 2.00 bits per heavy atom. The Hall–Kier alpha value is -1.70. The lowest BCUT2D eigenvalue weighted by Gasteiger charge is -2.14. The van der Waals surface area contributed by atoms with Gasteiger partial charge in [-0.3, -0.25) is 0 Å². The van der Waals surface area contributed by atoms with E-state index in [2.05, 4.69) is 51.1 Å². The summed E-state index contributed by atoms with van der Waals surface area (Å²) in [5, 5.41) is 8.08. The standard InChI is InChI=1S/C11H17N7S/c1-7(2)8(3)19-11-16-9(12-4)15-10(17-11)18-6-13-5-14-18/h5-8H,1-4H3,(H,12,15,16,17). The van der Waals surface area contributed by atoms with Gasteiger partial charge < -0.3 is 5.32 Å². The third-order valence-electron chi connectivity index (χ3n) is 2.68. The Balaban J connectivity index is 2.31. The molecule has 0 radical (unpaired) electrons. The van der Waals surface area contributed by atoms with E-state index in [-0.39, 0.29) is 0 Å². The van der Waals surface area contributed by atoms with Gasteiger partial charge >= 0.3 is 0 Å². The lowest BCUT2D eigenvalue weighted by molar-refractivity contribution is 0.639. The summed E-state index contributed by atoms with van der Waals surface area (Å²) < 4.78 is 1.52. The molecule has 1 unspecified atom stereocenters. The number of thioether (sulfide) groups is 1. The molecule has 0 aliphatic rings. The van der Waals surface area contributed by atoms with Gasteiger partial charge in [-0.25, -0.2) is 4.98 Å². The fourth-order valence-electron chi connectivity index (χ4n) is 1.23. The molecule has 7 nitrogen and oxygen atoms in total. The Bertz CT molecular complexity index is 526. The zero-order valence-electron chi connectivity index (χ0n) is 11.4. The highest BCUT2D eigenvalue weighted by Gasteiger charge is 2.14. The van der Waals surface area contributed by atoms with Crippen LogP contribution in [0.4, 0.5) is 5.95 Å². The molecular weight excluding hydrogens is 262 g/mol. The maximum Gasteiger partial charge on any atom is 0.257 e. The van der Waals surface area contributed by atoms with Crippen LogP contribution >= 0.6 is 11.8 Å². The maximum absolute atomic E-state index is 4.41. The van der Waals surface area contributed by atoms with Crippen LogP contribution in [0.5, 0.6) is 0 Å². The number of hydrogen-bond donors (Lipinski definition) is 1. The van der Waals surface area contributed by atoms with E-state index in [1.807, 2.05) is 0 Å². The average molecular weight is 279 g/mol. The lowest BCUT2D eigenvalue weighted by Crippen LogP contribution is -2.11. The molecule has 2 heterocycles. The molecule has 2 aromatic heterocycles. The summed E-state index contributed by atoms with van der Waals surface area (Å²) in [4.78, 5) is 16.9. The first-order chi connectivity index (χ1) is 9.10. The van der Waals surface area contributed by atoms with E-state index < -0.39 is 0 Å². The molecule has 0 amide bonds. The molecule has 1 atom stereocenters. The van der Waals surface area contributed by atoms with Crippen molar-refractivity contribution in [2.75, 3.05) is 12.4 Å². The summed E-state index contributed by atoms with van der Waals surface area (Å²) in [6.45, 7) is 6.51. The quantitative estimate of drug-likeness (QED) is 0.833. The van der Waals surface area contributed by atoms with E-state index in [9.17, 15) is 0 Å². The predicted molar refractivity (Wildman–Crippen MR) is 74.4 cm³/mol. The van der Waals surface area contributed by atoms with E-state index in [0.29, 0.717) is 28.2 Å². The molecule has 0 bridgehead atoms. The minimum absolute atomic E-state index is 0.427. The van der Waals surface area contributed by atoms with E-state index in [4.69, 9.17) is 0 Å². The number of aromatic nitrogens is 6. The minimum Gasteiger partial charge on any atom is -0.357 e. The second-order valence-corrected chi connectivity index (χ2v) is 5.74. The molecule has 0 spiro atoms. The van der Waals surface area contributed by atoms with E-state index >= 15 is 0 Å². The van der Waals surface area contributed by atoms with E-state index in [1.54, 1.807) is 25.1 Å². The molecule has 1 N–H and O–H groups in total. The van der Waals surface area contributed by atoms with Crippen molar-refractivity contribution < 1.29 is 0 Å². The van der Waals surface area contributed by atoms with Crippen molar-refractivity contribution in [3.63, 3.8) is 0 Å². The molecule has 0 fully saturated rings. The van der Waals surface area contributed by atoms with Crippen molar-refractivity contribution >= 4 is 17.7 Å². The fraction of sp³-hybridized carbons (Fsp3) is 0.545. The van der Waals surface area contributed by atoms with Crippen molar-refractivity contribution in [2.24, 2.45) is 5.92 Å². The van der Waals surface area contributed by atoms with E-state index in [1.165, 1.54) is 11.0 Å². The van der Waals surface area contributed by atoms with Gasteiger partial charge in [0.15, 0.2) is 5.16 Å². The van der Waals surface area contributed by atoms with Gasteiger partial charge in [0.1, 0.15) is 12.7 Å². The number of rotatable bonds is 5. The Labute approximate surface area is 116 Å². The molecule has 0 saturated heterocycles.